The Morgan fingerprint density at radius 3 is 2.93 bits per heavy atom. The Kier molecular flexibility index (Phi) is 2.68. The maximum atomic E-state index is 11.5. The van der Waals surface area contributed by atoms with Crippen molar-refractivity contribution in [3.05, 3.63) is 34.7 Å². The van der Waals surface area contributed by atoms with Crippen LogP contribution in [-0.2, 0) is 0 Å². The van der Waals surface area contributed by atoms with E-state index in [2.05, 4.69) is 5.32 Å². The number of rotatable bonds is 2. The van der Waals surface area contributed by atoms with Gasteiger partial charge in [0.25, 0.3) is 5.56 Å². The predicted octanol–water partition coefficient (Wildman–Crippen LogP) is 1.16. The molecule has 14 heavy (non-hydrogen) atoms. The summed E-state index contributed by atoms with van der Waals surface area (Å²) in [5.41, 5.74) is 0.120. The molecular formula is C11H16N2O. The predicted molar refractivity (Wildman–Crippen MR) is 56.4 cm³/mol. The number of nitrogens with zero attached hydrogens (tertiary/aromatic N) is 1. The third-order valence-corrected chi connectivity index (χ3v) is 3.06. The van der Waals surface area contributed by atoms with Gasteiger partial charge < -0.3 is 9.88 Å². The first kappa shape index (κ1) is 9.46. The van der Waals surface area contributed by atoms with Gasteiger partial charge in [0.2, 0.25) is 0 Å². The molecule has 0 radical (unpaired) electrons. The maximum Gasteiger partial charge on any atom is 0.250 e. The van der Waals surface area contributed by atoms with Gasteiger partial charge in [-0.15, -0.1) is 0 Å². The highest BCUT2D eigenvalue weighted by molar-refractivity contribution is 4.97. The van der Waals surface area contributed by atoms with Crippen LogP contribution in [0.1, 0.15) is 25.3 Å². The molecule has 0 saturated heterocycles. The normalized spacial score (nSPS) is 26.6. The molecule has 3 heteroatoms. The molecule has 1 aromatic rings. The Bertz CT molecular complexity index is 358. The van der Waals surface area contributed by atoms with Gasteiger partial charge in [0.05, 0.1) is 0 Å². The van der Waals surface area contributed by atoms with Crippen molar-refractivity contribution in [2.24, 2.45) is 0 Å². The zero-order valence-corrected chi connectivity index (χ0v) is 8.44. The van der Waals surface area contributed by atoms with E-state index in [-0.39, 0.29) is 5.56 Å². The zero-order valence-electron chi connectivity index (χ0n) is 8.44. The minimum absolute atomic E-state index is 0.120. The van der Waals surface area contributed by atoms with Gasteiger partial charge in [-0.1, -0.05) is 6.07 Å². The van der Waals surface area contributed by atoms with E-state index < -0.39 is 0 Å². The van der Waals surface area contributed by atoms with Crippen molar-refractivity contribution >= 4 is 0 Å². The van der Waals surface area contributed by atoms with Crippen molar-refractivity contribution in [3.63, 3.8) is 0 Å². The van der Waals surface area contributed by atoms with Crippen molar-refractivity contribution in [2.45, 2.75) is 31.3 Å². The minimum Gasteiger partial charge on any atom is -0.317 e. The molecule has 0 spiro atoms. The van der Waals surface area contributed by atoms with Gasteiger partial charge >= 0.3 is 0 Å². The highest BCUT2D eigenvalue weighted by Gasteiger charge is 2.24. The van der Waals surface area contributed by atoms with Gasteiger partial charge in [0, 0.05) is 24.3 Å². The Labute approximate surface area is 83.8 Å². The Morgan fingerprint density at radius 1 is 1.43 bits per heavy atom. The molecule has 3 nitrogen and oxygen atoms in total. The molecule has 0 amide bonds. The van der Waals surface area contributed by atoms with Gasteiger partial charge in [-0.2, -0.15) is 0 Å². The molecule has 2 rings (SSSR count). The van der Waals surface area contributed by atoms with Gasteiger partial charge in [-0.25, -0.2) is 0 Å². The van der Waals surface area contributed by atoms with Crippen molar-refractivity contribution in [1.29, 1.82) is 0 Å². The summed E-state index contributed by atoms with van der Waals surface area (Å²) < 4.78 is 1.86. The molecule has 1 N–H and O–H groups in total. The van der Waals surface area contributed by atoms with Gasteiger partial charge in [-0.05, 0) is 32.4 Å². The fraction of sp³-hybridized carbons (Fsp3) is 0.545. The molecule has 1 saturated carbocycles. The first-order valence-corrected chi connectivity index (χ1v) is 5.15. The maximum absolute atomic E-state index is 11.5. The van der Waals surface area contributed by atoms with Crippen LogP contribution in [-0.4, -0.2) is 17.7 Å². The van der Waals surface area contributed by atoms with Crippen LogP contribution in [0.5, 0.6) is 0 Å². The van der Waals surface area contributed by atoms with Crippen LogP contribution in [0.25, 0.3) is 0 Å². The summed E-state index contributed by atoms with van der Waals surface area (Å²) in [6, 6.07) is 6.32. The van der Waals surface area contributed by atoms with Crippen LogP contribution < -0.4 is 10.9 Å². The molecule has 2 unspecified atom stereocenters. The van der Waals surface area contributed by atoms with Gasteiger partial charge in [0.1, 0.15) is 0 Å². The minimum atomic E-state index is 0.120. The summed E-state index contributed by atoms with van der Waals surface area (Å²) in [6.07, 6.45) is 5.24. The highest BCUT2D eigenvalue weighted by atomic mass is 16.1. The van der Waals surface area contributed by atoms with Crippen LogP contribution in [0.3, 0.4) is 0 Å². The number of pyridine rings is 1. The average Bonchev–Trinajstić information content (AvgIpc) is 2.67. The lowest BCUT2D eigenvalue weighted by molar-refractivity contribution is 0.480. The molecular weight excluding hydrogens is 176 g/mol. The van der Waals surface area contributed by atoms with Crippen LogP contribution in [0.15, 0.2) is 29.2 Å². The van der Waals surface area contributed by atoms with Crippen molar-refractivity contribution < 1.29 is 0 Å². The zero-order chi connectivity index (χ0) is 9.97. The van der Waals surface area contributed by atoms with Crippen LogP contribution in [0.2, 0.25) is 0 Å². The topological polar surface area (TPSA) is 34.0 Å². The third kappa shape index (κ3) is 1.73. The van der Waals surface area contributed by atoms with Crippen molar-refractivity contribution in [3.8, 4) is 0 Å². The van der Waals surface area contributed by atoms with E-state index in [0.29, 0.717) is 12.1 Å². The first-order valence-electron chi connectivity index (χ1n) is 5.15. The second-order valence-corrected chi connectivity index (χ2v) is 3.90. The Morgan fingerprint density at radius 2 is 2.29 bits per heavy atom. The lowest BCUT2D eigenvalue weighted by Gasteiger charge is -2.13. The van der Waals surface area contributed by atoms with E-state index in [1.54, 1.807) is 12.1 Å². The molecule has 1 aliphatic rings. The first-order chi connectivity index (χ1) is 6.81. The summed E-state index contributed by atoms with van der Waals surface area (Å²) in [4.78, 5) is 11.5. The molecule has 0 aliphatic heterocycles. The largest absolute Gasteiger partial charge is 0.317 e. The van der Waals surface area contributed by atoms with E-state index in [4.69, 9.17) is 0 Å². The summed E-state index contributed by atoms with van der Waals surface area (Å²) >= 11 is 0. The summed E-state index contributed by atoms with van der Waals surface area (Å²) in [6.45, 7) is 0. The van der Waals surface area contributed by atoms with Crippen molar-refractivity contribution in [2.75, 3.05) is 7.05 Å². The summed E-state index contributed by atoms with van der Waals surface area (Å²) in [5.74, 6) is 0. The molecule has 76 valence electrons. The molecule has 1 fully saturated rings. The summed E-state index contributed by atoms with van der Waals surface area (Å²) in [7, 11) is 1.99. The molecule has 1 aromatic heterocycles. The molecule has 0 aromatic carbocycles. The number of hydrogen-bond acceptors (Lipinski definition) is 2. The Hall–Kier alpha value is -1.09. The van der Waals surface area contributed by atoms with Gasteiger partial charge in [-0.3, -0.25) is 4.79 Å². The van der Waals surface area contributed by atoms with Crippen LogP contribution in [0, 0.1) is 0 Å². The second kappa shape index (κ2) is 3.96. The highest BCUT2D eigenvalue weighted by Crippen LogP contribution is 2.28. The van der Waals surface area contributed by atoms with Crippen LogP contribution >= 0.6 is 0 Å². The van der Waals surface area contributed by atoms with E-state index in [0.717, 1.165) is 12.8 Å². The van der Waals surface area contributed by atoms with E-state index in [1.165, 1.54) is 6.42 Å². The molecule has 1 heterocycles. The SMILES string of the molecule is CNC1CCC(n2ccccc2=O)C1. The average molecular weight is 192 g/mol. The van der Waals surface area contributed by atoms with E-state index in [9.17, 15) is 4.79 Å². The van der Waals surface area contributed by atoms with Crippen molar-refractivity contribution in [1.82, 2.24) is 9.88 Å². The smallest absolute Gasteiger partial charge is 0.250 e. The second-order valence-electron chi connectivity index (χ2n) is 3.90. The lowest BCUT2D eigenvalue weighted by atomic mass is 10.2. The van der Waals surface area contributed by atoms with Crippen LogP contribution in [0.4, 0.5) is 0 Å². The Balaban J connectivity index is 2.18. The monoisotopic (exact) mass is 192 g/mol. The third-order valence-electron chi connectivity index (χ3n) is 3.06. The number of aromatic nitrogens is 1. The quantitative estimate of drug-likeness (QED) is 0.763. The lowest BCUT2D eigenvalue weighted by Crippen LogP contribution is -2.25. The fourth-order valence-electron chi connectivity index (χ4n) is 2.21. The molecule has 1 aliphatic carbocycles. The number of hydrogen-bond donors (Lipinski definition) is 1. The van der Waals surface area contributed by atoms with Gasteiger partial charge in [0.15, 0.2) is 0 Å². The molecule has 2 atom stereocenters. The summed E-state index contributed by atoms with van der Waals surface area (Å²) in [5, 5.41) is 3.27. The molecule has 0 bridgehead atoms. The standard InChI is InChI=1S/C11H16N2O/c1-12-9-5-6-10(8-9)13-7-3-2-4-11(13)14/h2-4,7,9-10,12H,5-6,8H2,1H3. The van der Waals surface area contributed by atoms with E-state index in [1.807, 2.05) is 23.9 Å². The van der Waals surface area contributed by atoms with E-state index >= 15 is 0 Å². The number of nitrogens with one attached hydrogen (secondary N) is 1. The fourth-order valence-corrected chi connectivity index (χ4v) is 2.21.